The van der Waals surface area contributed by atoms with Crippen LogP contribution in [-0.4, -0.2) is 36.0 Å². The molecule has 1 aliphatic carbocycles. The first-order chi connectivity index (χ1) is 15.2. The number of aromatic nitrogens is 2. The van der Waals surface area contributed by atoms with Gasteiger partial charge >= 0.3 is 0 Å². The molecule has 0 radical (unpaired) electrons. The van der Waals surface area contributed by atoms with Crippen molar-refractivity contribution in [2.45, 2.75) is 50.9 Å². The summed E-state index contributed by atoms with van der Waals surface area (Å²) >= 11 is 0. The number of alkyl halides is 2. The Hall–Kier alpha value is -2.77. The van der Waals surface area contributed by atoms with E-state index in [2.05, 4.69) is 21.8 Å². The van der Waals surface area contributed by atoms with E-state index in [1.165, 1.54) is 12.3 Å². The van der Waals surface area contributed by atoms with Gasteiger partial charge in [0.25, 0.3) is 0 Å². The summed E-state index contributed by atoms with van der Waals surface area (Å²) in [5.74, 6) is -2.51. The van der Waals surface area contributed by atoms with Crippen molar-refractivity contribution in [1.29, 1.82) is 0 Å². The maximum absolute atomic E-state index is 14.0. The van der Waals surface area contributed by atoms with Crippen LogP contribution < -0.4 is 15.1 Å². The maximum atomic E-state index is 14.0. The van der Waals surface area contributed by atoms with E-state index < -0.39 is 17.8 Å². The van der Waals surface area contributed by atoms with Crippen molar-refractivity contribution in [2.75, 3.05) is 35.3 Å². The minimum atomic E-state index is -2.67. The van der Waals surface area contributed by atoms with E-state index in [9.17, 15) is 13.2 Å². The zero-order chi connectivity index (χ0) is 22.9. The smallest absolute Gasteiger partial charge is 0.248 e. The molecule has 2 unspecified atom stereocenters. The van der Waals surface area contributed by atoms with Gasteiger partial charge in [0.15, 0.2) is 5.82 Å². The number of halogens is 3. The normalized spacial score (nSPS) is 21.7. The summed E-state index contributed by atoms with van der Waals surface area (Å²) in [6.07, 6.45) is 4.94. The molecule has 3 heterocycles. The van der Waals surface area contributed by atoms with Gasteiger partial charge in [0.1, 0.15) is 5.82 Å². The topological polar surface area (TPSA) is 44.3 Å². The average molecular weight is 446 g/mol. The monoisotopic (exact) mass is 445 g/mol. The number of anilines is 3. The predicted molar refractivity (Wildman–Crippen MR) is 122 cm³/mol. The minimum Gasteiger partial charge on any atom is -0.372 e. The van der Waals surface area contributed by atoms with E-state index in [1.807, 2.05) is 24.1 Å². The van der Waals surface area contributed by atoms with Gasteiger partial charge in [-0.1, -0.05) is 13.0 Å². The molecule has 0 spiro atoms. The fraction of sp³-hybridized carbons (Fsp3) is 0.500. The third-order valence-electron chi connectivity index (χ3n) is 6.57. The van der Waals surface area contributed by atoms with Gasteiger partial charge in [-0.3, -0.25) is 0 Å². The van der Waals surface area contributed by atoms with E-state index >= 15 is 0 Å². The molecular weight excluding hydrogens is 415 g/mol. The van der Waals surface area contributed by atoms with E-state index in [0.717, 1.165) is 49.9 Å². The van der Waals surface area contributed by atoms with Gasteiger partial charge in [0.2, 0.25) is 11.9 Å². The molecule has 2 aromatic heterocycles. The molecule has 2 aliphatic rings. The molecule has 172 valence electrons. The molecule has 2 aromatic rings. The van der Waals surface area contributed by atoms with Crippen LogP contribution in [0.25, 0.3) is 0 Å². The third kappa shape index (κ3) is 4.84. The van der Waals surface area contributed by atoms with Gasteiger partial charge in [-0.05, 0) is 50.8 Å². The molecule has 8 heteroatoms. The molecule has 1 aliphatic heterocycles. The quantitative estimate of drug-likeness (QED) is 0.592. The van der Waals surface area contributed by atoms with E-state index in [0.29, 0.717) is 30.9 Å². The summed E-state index contributed by atoms with van der Waals surface area (Å²) in [7, 11) is 2.02. The van der Waals surface area contributed by atoms with Crippen molar-refractivity contribution in [2.24, 2.45) is 5.92 Å². The molecule has 5 nitrogen and oxygen atoms in total. The number of nitrogens with one attached hydrogen (secondary N) is 1. The molecule has 4 rings (SSSR count). The largest absolute Gasteiger partial charge is 0.372 e. The Morgan fingerprint density at radius 2 is 2.00 bits per heavy atom. The van der Waals surface area contributed by atoms with Gasteiger partial charge in [0.05, 0.1) is 5.69 Å². The van der Waals surface area contributed by atoms with Crippen molar-refractivity contribution in [3.8, 4) is 0 Å². The second kappa shape index (κ2) is 9.00. The van der Waals surface area contributed by atoms with Crippen LogP contribution in [0.5, 0.6) is 0 Å². The zero-order valence-electron chi connectivity index (χ0n) is 18.6. The highest BCUT2D eigenvalue weighted by molar-refractivity contribution is 5.71. The molecule has 0 saturated heterocycles. The van der Waals surface area contributed by atoms with Crippen LogP contribution in [0.2, 0.25) is 0 Å². The number of hydrogen-bond donors (Lipinski definition) is 1. The highest BCUT2D eigenvalue weighted by Crippen LogP contribution is 2.43. The van der Waals surface area contributed by atoms with Crippen LogP contribution in [-0.2, 0) is 0 Å². The predicted octanol–water partition coefficient (Wildman–Crippen LogP) is 5.77. The lowest BCUT2D eigenvalue weighted by molar-refractivity contribution is -0.0560. The lowest BCUT2D eigenvalue weighted by atomic mass is 9.77. The van der Waals surface area contributed by atoms with E-state index in [1.54, 1.807) is 6.07 Å². The van der Waals surface area contributed by atoms with Crippen LogP contribution >= 0.6 is 0 Å². The van der Waals surface area contributed by atoms with Crippen LogP contribution in [0.4, 0.5) is 30.4 Å². The molecule has 0 aromatic carbocycles. The fourth-order valence-electron chi connectivity index (χ4n) is 4.77. The zero-order valence-corrected chi connectivity index (χ0v) is 18.6. The number of pyridine rings is 2. The molecule has 2 atom stereocenters. The van der Waals surface area contributed by atoms with Gasteiger partial charge in [-0.15, -0.1) is 0 Å². The first-order valence-electron chi connectivity index (χ1n) is 11.2. The van der Waals surface area contributed by atoms with Crippen molar-refractivity contribution in [3.63, 3.8) is 0 Å². The molecule has 0 bridgehead atoms. The maximum Gasteiger partial charge on any atom is 0.248 e. The van der Waals surface area contributed by atoms with Gasteiger partial charge in [0, 0.05) is 55.6 Å². The van der Waals surface area contributed by atoms with Crippen molar-refractivity contribution >= 4 is 17.2 Å². The average Bonchev–Trinajstić information content (AvgIpc) is 2.92. The van der Waals surface area contributed by atoms with Gasteiger partial charge in [-0.2, -0.15) is 4.39 Å². The van der Waals surface area contributed by atoms with E-state index in [4.69, 9.17) is 4.98 Å². The minimum absolute atomic E-state index is 0.0100. The lowest BCUT2D eigenvalue weighted by Crippen LogP contribution is -2.30. The van der Waals surface area contributed by atoms with Crippen LogP contribution in [0.1, 0.15) is 50.6 Å². The number of fused-ring (bicyclic) bond motifs is 1. The first kappa shape index (κ1) is 22.4. The van der Waals surface area contributed by atoms with Crippen LogP contribution in [0.3, 0.4) is 0 Å². The summed E-state index contributed by atoms with van der Waals surface area (Å²) in [5, 5.41) is 3.16. The Bertz CT molecular complexity index is 974. The van der Waals surface area contributed by atoms with Crippen molar-refractivity contribution in [3.05, 3.63) is 54.5 Å². The van der Waals surface area contributed by atoms with Crippen LogP contribution in [0.15, 0.2) is 42.9 Å². The molecule has 0 amide bonds. The molecule has 1 fully saturated rings. The second-order valence-electron chi connectivity index (χ2n) is 8.96. The highest BCUT2D eigenvalue weighted by atomic mass is 19.3. The number of rotatable bonds is 5. The van der Waals surface area contributed by atoms with Gasteiger partial charge in [-0.25, -0.2) is 18.7 Å². The highest BCUT2D eigenvalue weighted by Gasteiger charge is 2.38. The van der Waals surface area contributed by atoms with Crippen molar-refractivity contribution in [1.82, 2.24) is 9.97 Å². The van der Waals surface area contributed by atoms with Crippen LogP contribution in [0, 0.1) is 11.9 Å². The third-order valence-corrected chi connectivity index (χ3v) is 6.57. The molecule has 1 saturated carbocycles. The Balaban J connectivity index is 1.63. The molecule has 1 N–H and O–H groups in total. The Labute approximate surface area is 187 Å². The standard InChI is InChI=1S/C24H30F3N5/c1-16(29-19-10-11-28-22(25)15-19)32-13-5-12-31(3)21-9-8-20(30-23(21)32)17-6-4-7-18(14-17)24(2,26)27/h8-11,15,17-18H,1,4-7,12-14H2,2-3H3,(H,28,29). The summed E-state index contributed by atoms with van der Waals surface area (Å²) in [6, 6.07) is 7.00. The molecular formula is C24H30F3N5. The summed E-state index contributed by atoms with van der Waals surface area (Å²) < 4.78 is 41.5. The first-order valence-corrected chi connectivity index (χ1v) is 11.2. The van der Waals surface area contributed by atoms with Crippen molar-refractivity contribution < 1.29 is 13.2 Å². The number of hydrogen-bond acceptors (Lipinski definition) is 5. The Morgan fingerprint density at radius 3 is 2.75 bits per heavy atom. The summed E-state index contributed by atoms with van der Waals surface area (Å²) in [6.45, 7) is 6.74. The Kier molecular flexibility index (Phi) is 6.31. The Morgan fingerprint density at radius 1 is 1.19 bits per heavy atom. The summed E-state index contributed by atoms with van der Waals surface area (Å²) in [5.41, 5.74) is 2.36. The second-order valence-corrected chi connectivity index (χ2v) is 8.96. The van der Waals surface area contributed by atoms with E-state index in [-0.39, 0.29) is 5.92 Å². The molecule has 32 heavy (non-hydrogen) atoms. The fourth-order valence-corrected chi connectivity index (χ4v) is 4.77. The van der Waals surface area contributed by atoms with Gasteiger partial charge < -0.3 is 15.1 Å². The summed E-state index contributed by atoms with van der Waals surface area (Å²) in [4.78, 5) is 12.7. The SMILES string of the molecule is C=C(Nc1ccnc(F)c1)N1CCCN(C)c2ccc(C3CCCC(C(C)(F)F)C3)nc21. The lowest BCUT2D eigenvalue weighted by Gasteiger charge is -2.33. The number of nitrogens with zero attached hydrogens (tertiary/aromatic N) is 4.